The number of carbonyl (C=O) groups excluding carboxylic acids is 2. The summed E-state index contributed by atoms with van der Waals surface area (Å²) in [6, 6.07) is 3.77. The molecule has 1 aliphatic rings. The van der Waals surface area contributed by atoms with Crippen LogP contribution in [0.15, 0.2) is 18.2 Å². The van der Waals surface area contributed by atoms with Crippen molar-refractivity contribution in [1.29, 1.82) is 0 Å². The van der Waals surface area contributed by atoms with Crippen molar-refractivity contribution in [3.05, 3.63) is 54.9 Å². The fourth-order valence-corrected chi connectivity index (χ4v) is 5.19. The highest BCUT2D eigenvalue weighted by atomic mass is 35.5. The van der Waals surface area contributed by atoms with Crippen molar-refractivity contribution >= 4 is 45.4 Å². The van der Waals surface area contributed by atoms with Crippen LogP contribution in [0.25, 0.3) is 0 Å². The van der Waals surface area contributed by atoms with Gasteiger partial charge in [0.15, 0.2) is 0 Å². The van der Waals surface area contributed by atoms with E-state index in [1.807, 2.05) is 0 Å². The molecule has 0 spiro atoms. The van der Waals surface area contributed by atoms with Crippen molar-refractivity contribution < 1.29 is 14.5 Å². The summed E-state index contributed by atoms with van der Waals surface area (Å²) in [5.41, 5.74) is 6.38. The number of nitrogens with zero attached hydrogens (tertiary/aromatic N) is 1. The summed E-state index contributed by atoms with van der Waals surface area (Å²) in [5, 5.41) is 14.5. The number of nitrogens with one attached hydrogen (secondary N) is 1. The second kappa shape index (κ2) is 7.76. The van der Waals surface area contributed by atoms with Crippen molar-refractivity contribution in [3.8, 4) is 0 Å². The van der Waals surface area contributed by atoms with Crippen molar-refractivity contribution in [1.82, 2.24) is 0 Å². The first-order valence-electron chi connectivity index (χ1n) is 9.18. The van der Waals surface area contributed by atoms with E-state index in [0.717, 1.165) is 23.3 Å². The lowest BCUT2D eigenvalue weighted by atomic mass is 9.72. The molecule has 1 aliphatic carbocycles. The number of halogens is 1. The summed E-state index contributed by atoms with van der Waals surface area (Å²) in [4.78, 5) is 36.6. The number of amides is 2. The maximum absolute atomic E-state index is 12.8. The van der Waals surface area contributed by atoms with E-state index in [0.29, 0.717) is 22.9 Å². The van der Waals surface area contributed by atoms with E-state index >= 15 is 0 Å². The van der Waals surface area contributed by atoms with Crippen LogP contribution in [-0.4, -0.2) is 16.7 Å². The second-order valence-electron chi connectivity index (χ2n) is 8.25. The van der Waals surface area contributed by atoms with Gasteiger partial charge in [0.2, 0.25) is 0 Å². The highest BCUT2D eigenvalue weighted by Crippen LogP contribution is 2.44. The van der Waals surface area contributed by atoms with E-state index in [2.05, 4.69) is 26.1 Å². The predicted molar refractivity (Wildman–Crippen MR) is 114 cm³/mol. The Kier molecular flexibility index (Phi) is 5.69. The summed E-state index contributed by atoms with van der Waals surface area (Å²) in [6.07, 6.45) is 2.44. The van der Waals surface area contributed by atoms with Gasteiger partial charge in [0.25, 0.3) is 17.5 Å². The zero-order valence-electron chi connectivity index (χ0n) is 16.4. The molecule has 9 heteroatoms. The molecular weight excluding hydrogens is 414 g/mol. The molecule has 29 heavy (non-hydrogen) atoms. The van der Waals surface area contributed by atoms with Gasteiger partial charge in [0.05, 0.1) is 10.5 Å². The molecule has 1 atom stereocenters. The van der Waals surface area contributed by atoms with Gasteiger partial charge in [-0.15, -0.1) is 11.3 Å². The molecule has 0 aliphatic heterocycles. The van der Waals surface area contributed by atoms with E-state index in [9.17, 15) is 19.7 Å². The quantitative estimate of drug-likeness (QED) is 0.529. The number of rotatable bonds is 4. The lowest BCUT2D eigenvalue weighted by Crippen LogP contribution is -2.27. The summed E-state index contributed by atoms with van der Waals surface area (Å²) in [7, 11) is 0. The van der Waals surface area contributed by atoms with Crippen LogP contribution in [0.1, 0.15) is 58.3 Å². The molecule has 1 aromatic heterocycles. The third-order valence-corrected chi connectivity index (χ3v) is 6.77. The van der Waals surface area contributed by atoms with Gasteiger partial charge in [-0.25, -0.2) is 0 Å². The number of primary amides is 1. The average Bonchev–Trinajstić information content (AvgIpc) is 2.97. The Morgan fingerprint density at radius 2 is 2.03 bits per heavy atom. The lowest BCUT2D eigenvalue weighted by molar-refractivity contribution is -0.385. The third-order valence-electron chi connectivity index (χ3n) is 5.36. The van der Waals surface area contributed by atoms with Crippen LogP contribution < -0.4 is 11.1 Å². The first kappa shape index (κ1) is 21.3. The van der Waals surface area contributed by atoms with E-state index in [-0.39, 0.29) is 21.7 Å². The molecule has 1 heterocycles. The summed E-state index contributed by atoms with van der Waals surface area (Å²) in [6.45, 7) is 6.56. The third kappa shape index (κ3) is 4.28. The van der Waals surface area contributed by atoms with Gasteiger partial charge >= 0.3 is 0 Å². The number of hydrogen-bond donors (Lipinski definition) is 2. The normalized spacial score (nSPS) is 16.2. The molecule has 0 unspecified atom stereocenters. The Morgan fingerprint density at radius 1 is 1.34 bits per heavy atom. The van der Waals surface area contributed by atoms with E-state index in [1.54, 1.807) is 0 Å². The number of nitro benzene ring substituents is 1. The zero-order valence-corrected chi connectivity index (χ0v) is 17.9. The first-order valence-corrected chi connectivity index (χ1v) is 10.4. The predicted octanol–water partition coefficient (Wildman–Crippen LogP) is 4.81. The van der Waals surface area contributed by atoms with Crippen molar-refractivity contribution in [2.24, 2.45) is 17.1 Å². The molecule has 1 aromatic carbocycles. The Bertz CT molecular complexity index is 1010. The molecule has 0 saturated carbocycles. The summed E-state index contributed by atoms with van der Waals surface area (Å²) < 4.78 is 0. The van der Waals surface area contributed by atoms with E-state index in [4.69, 9.17) is 17.3 Å². The number of thiophene rings is 1. The van der Waals surface area contributed by atoms with Crippen LogP contribution >= 0.6 is 22.9 Å². The van der Waals surface area contributed by atoms with Gasteiger partial charge in [-0.2, -0.15) is 0 Å². The van der Waals surface area contributed by atoms with Crippen molar-refractivity contribution in [2.75, 3.05) is 5.32 Å². The number of carbonyl (C=O) groups is 2. The minimum Gasteiger partial charge on any atom is -0.365 e. The first-order chi connectivity index (χ1) is 13.5. The van der Waals surface area contributed by atoms with Crippen LogP contribution in [-0.2, 0) is 12.8 Å². The molecule has 0 saturated heterocycles. The number of benzene rings is 1. The van der Waals surface area contributed by atoms with Crippen LogP contribution in [0.3, 0.4) is 0 Å². The molecule has 3 rings (SSSR count). The van der Waals surface area contributed by atoms with Gasteiger partial charge in [0.1, 0.15) is 10.6 Å². The SMILES string of the molecule is CC(C)(C)[C@@H]1CCc2c(sc(NC(=O)c3cc(Cl)ccc3[N+](=O)[O-])c2C(N)=O)C1. The Morgan fingerprint density at radius 3 is 2.62 bits per heavy atom. The molecule has 2 aromatic rings. The molecule has 3 N–H and O–H groups in total. The molecule has 2 amide bonds. The van der Waals surface area contributed by atoms with E-state index in [1.165, 1.54) is 29.5 Å². The van der Waals surface area contributed by atoms with Gasteiger partial charge < -0.3 is 11.1 Å². The van der Waals surface area contributed by atoms with Gasteiger partial charge in [-0.3, -0.25) is 19.7 Å². The number of nitro groups is 1. The van der Waals surface area contributed by atoms with Gasteiger partial charge in [-0.05, 0) is 48.3 Å². The monoisotopic (exact) mass is 435 g/mol. The van der Waals surface area contributed by atoms with Gasteiger partial charge in [0, 0.05) is 16.0 Å². The van der Waals surface area contributed by atoms with Crippen LogP contribution in [0.4, 0.5) is 10.7 Å². The minimum absolute atomic E-state index is 0.124. The maximum Gasteiger partial charge on any atom is 0.282 e. The highest BCUT2D eigenvalue weighted by Gasteiger charge is 2.34. The molecular formula is C20H22ClN3O4S. The topological polar surface area (TPSA) is 115 Å². The molecule has 0 fully saturated rings. The summed E-state index contributed by atoms with van der Waals surface area (Å²) >= 11 is 7.23. The Balaban J connectivity index is 1.98. The number of fused-ring (bicyclic) bond motifs is 1. The average molecular weight is 436 g/mol. The largest absolute Gasteiger partial charge is 0.365 e. The van der Waals surface area contributed by atoms with Crippen LogP contribution in [0.5, 0.6) is 0 Å². The van der Waals surface area contributed by atoms with Crippen molar-refractivity contribution in [2.45, 2.75) is 40.0 Å². The lowest BCUT2D eigenvalue weighted by Gasteiger charge is -2.33. The minimum atomic E-state index is -0.701. The second-order valence-corrected chi connectivity index (χ2v) is 9.79. The zero-order chi connectivity index (χ0) is 21.5. The molecule has 154 valence electrons. The Hall–Kier alpha value is -2.45. The van der Waals surface area contributed by atoms with Crippen LogP contribution in [0.2, 0.25) is 5.02 Å². The molecule has 7 nitrogen and oxygen atoms in total. The standard InChI is InChI=1S/C20H22ClN3O4S/c1-20(2,3)10-4-6-12-15(8-10)29-19(16(12)17(22)25)23-18(26)13-9-11(21)5-7-14(13)24(27)28/h5,7,9-10H,4,6,8H2,1-3H3,(H2,22,25)(H,23,26)/t10-/m1/s1. The van der Waals surface area contributed by atoms with E-state index < -0.39 is 16.7 Å². The van der Waals surface area contributed by atoms with Crippen molar-refractivity contribution in [3.63, 3.8) is 0 Å². The number of hydrogen-bond acceptors (Lipinski definition) is 5. The van der Waals surface area contributed by atoms with Gasteiger partial charge in [-0.1, -0.05) is 32.4 Å². The van der Waals surface area contributed by atoms with Crippen LogP contribution in [0, 0.1) is 21.4 Å². The number of nitrogens with two attached hydrogens (primary N) is 1. The molecule has 0 radical (unpaired) electrons. The molecule has 0 bridgehead atoms. The fourth-order valence-electron chi connectivity index (χ4n) is 3.69. The highest BCUT2D eigenvalue weighted by molar-refractivity contribution is 7.17. The summed E-state index contributed by atoms with van der Waals surface area (Å²) in [5.74, 6) is -0.868. The maximum atomic E-state index is 12.8. The Labute approximate surface area is 177 Å². The number of anilines is 1. The smallest absolute Gasteiger partial charge is 0.282 e. The fraction of sp³-hybridized carbons (Fsp3) is 0.400.